The van der Waals surface area contributed by atoms with Crippen LogP contribution in [0.15, 0.2) is 36.4 Å². The summed E-state index contributed by atoms with van der Waals surface area (Å²) >= 11 is 0. The minimum atomic E-state index is -0.664. The van der Waals surface area contributed by atoms with Gasteiger partial charge in [-0.15, -0.1) is 0 Å². The average Bonchev–Trinajstić information content (AvgIpc) is 2.62. The second kappa shape index (κ2) is 11.8. The first-order valence-corrected chi connectivity index (χ1v) is 8.22. The van der Waals surface area contributed by atoms with Crippen LogP contribution >= 0.6 is 0 Å². The summed E-state index contributed by atoms with van der Waals surface area (Å²) in [7, 11) is 1.21. The Balaban J connectivity index is 2.17. The Morgan fingerprint density at radius 1 is 1.27 bits per heavy atom. The van der Waals surface area contributed by atoms with Crippen LogP contribution in [0.4, 0.5) is 0 Å². The third-order valence-electron chi connectivity index (χ3n) is 3.50. The van der Waals surface area contributed by atoms with Crippen molar-refractivity contribution < 1.29 is 24.3 Å². The number of rotatable bonds is 11. The third-order valence-corrected chi connectivity index (χ3v) is 3.50. The third kappa shape index (κ3) is 8.95. The molecule has 0 saturated carbocycles. The van der Waals surface area contributed by atoms with Crippen molar-refractivity contribution >= 4 is 18.6 Å². The van der Waals surface area contributed by atoms with Gasteiger partial charge in [-0.1, -0.05) is 24.3 Å². The Bertz CT molecular complexity index is 628. The number of nitrogens with zero attached hydrogens (tertiary/aromatic N) is 2. The van der Waals surface area contributed by atoms with Gasteiger partial charge in [0.15, 0.2) is 6.54 Å². The largest absolute Gasteiger partial charge is 0.624 e. The summed E-state index contributed by atoms with van der Waals surface area (Å²) in [6, 6.07) is 7.69. The van der Waals surface area contributed by atoms with Crippen LogP contribution in [0.1, 0.15) is 24.0 Å². The molecule has 0 unspecified atom stereocenters. The predicted octanol–water partition coefficient (Wildman–Crippen LogP) is 1.21. The topological polar surface area (TPSA) is 105 Å². The Morgan fingerprint density at radius 3 is 2.54 bits per heavy atom. The summed E-state index contributed by atoms with van der Waals surface area (Å²) in [5.74, 6) is -1.32. The molecule has 1 rings (SSSR count). The van der Waals surface area contributed by atoms with Gasteiger partial charge >= 0.3 is 5.97 Å². The molecule has 0 saturated heterocycles. The van der Waals surface area contributed by atoms with Gasteiger partial charge in [-0.05, 0) is 24.9 Å². The lowest BCUT2D eigenvalue weighted by Crippen LogP contribution is -2.27. The van der Waals surface area contributed by atoms with Gasteiger partial charge in [-0.3, -0.25) is 10.0 Å². The molecule has 0 aliphatic heterocycles. The number of unbranched alkanes of at least 4 members (excludes halogenated alkanes) is 1. The number of hydrogen-bond acceptors (Lipinski definition) is 6. The van der Waals surface area contributed by atoms with Crippen molar-refractivity contribution in [1.82, 2.24) is 10.4 Å². The van der Waals surface area contributed by atoms with Crippen molar-refractivity contribution in [1.29, 1.82) is 0 Å². The number of amides is 1. The van der Waals surface area contributed by atoms with Crippen molar-refractivity contribution in [2.24, 2.45) is 0 Å². The van der Waals surface area contributed by atoms with E-state index in [1.807, 2.05) is 24.3 Å². The number of ether oxygens (including phenoxy) is 1. The monoisotopic (exact) mass is 363 g/mol. The number of methoxy groups -OCH3 is 1. The Kier molecular flexibility index (Phi) is 9.66. The summed E-state index contributed by atoms with van der Waals surface area (Å²) in [4.78, 5) is 22.4. The van der Waals surface area contributed by atoms with E-state index in [-0.39, 0.29) is 13.1 Å². The fourth-order valence-electron chi connectivity index (χ4n) is 2.11. The molecular formula is C18H25N3O5. The van der Waals surface area contributed by atoms with E-state index < -0.39 is 11.9 Å². The van der Waals surface area contributed by atoms with E-state index >= 15 is 0 Å². The molecule has 0 aliphatic rings. The van der Waals surface area contributed by atoms with E-state index in [0.29, 0.717) is 22.8 Å². The molecule has 1 amide bonds. The van der Waals surface area contributed by atoms with Crippen molar-refractivity contribution in [2.75, 3.05) is 20.2 Å². The van der Waals surface area contributed by atoms with Crippen LogP contribution in [0.3, 0.4) is 0 Å². The highest BCUT2D eigenvalue weighted by atomic mass is 16.5. The molecule has 8 heteroatoms. The first kappa shape index (κ1) is 21.3. The van der Waals surface area contributed by atoms with Crippen LogP contribution in [0.25, 0.3) is 0 Å². The molecule has 0 radical (unpaired) electrons. The van der Waals surface area contributed by atoms with Crippen LogP contribution in [0, 0.1) is 5.21 Å². The quantitative estimate of drug-likeness (QED) is 0.0895. The molecule has 0 spiro atoms. The minimum Gasteiger partial charge on any atom is -0.624 e. The smallest absolute Gasteiger partial charge is 0.330 e. The second-order valence-corrected chi connectivity index (χ2v) is 5.66. The van der Waals surface area contributed by atoms with Crippen LogP contribution in [0.2, 0.25) is 0 Å². The Morgan fingerprint density at radius 2 is 1.92 bits per heavy atom. The summed E-state index contributed by atoms with van der Waals surface area (Å²) < 4.78 is 4.99. The number of esters is 1. The van der Waals surface area contributed by atoms with Crippen LogP contribution in [0.5, 0.6) is 0 Å². The SMILES string of the molecule is C=[N+]([O-])Cc1ccc(CNCCCCN(O)C(=O)/C=C/C(=O)OC)cc1. The summed E-state index contributed by atoms with van der Waals surface area (Å²) in [5, 5.41) is 24.3. The van der Waals surface area contributed by atoms with Crippen molar-refractivity contribution in [2.45, 2.75) is 25.9 Å². The first-order valence-electron chi connectivity index (χ1n) is 8.22. The molecule has 8 nitrogen and oxygen atoms in total. The number of hydroxylamine groups is 3. The molecule has 1 aromatic carbocycles. The summed E-state index contributed by atoms with van der Waals surface area (Å²) in [5.41, 5.74) is 2.01. The van der Waals surface area contributed by atoms with E-state index in [1.54, 1.807) is 0 Å². The fraction of sp³-hybridized carbons (Fsp3) is 0.389. The van der Waals surface area contributed by atoms with E-state index in [2.05, 4.69) is 16.8 Å². The van der Waals surface area contributed by atoms with Gasteiger partial charge in [0, 0.05) is 30.8 Å². The van der Waals surface area contributed by atoms with E-state index in [9.17, 15) is 20.0 Å². The van der Waals surface area contributed by atoms with Gasteiger partial charge in [0.2, 0.25) is 0 Å². The van der Waals surface area contributed by atoms with E-state index in [4.69, 9.17) is 0 Å². The zero-order chi connectivity index (χ0) is 19.4. The summed E-state index contributed by atoms with van der Waals surface area (Å²) in [6.07, 6.45) is 3.32. The van der Waals surface area contributed by atoms with E-state index in [0.717, 1.165) is 36.2 Å². The number of benzene rings is 1. The lowest BCUT2D eigenvalue weighted by atomic mass is 10.1. The van der Waals surface area contributed by atoms with Crippen LogP contribution in [-0.4, -0.2) is 53.8 Å². The molecular weight excluding hydrogens is 338 g/mol. The second-order valence-electron chi connectivity index (χ2n) is 5.66. The van der Waals surface area contributed by atoms with Gasteiger partial charge in [0.1, 0.15) is 6.72 Å². The molecule has 0 fully saturated rings. The van der Waals surface area contributed by atoms with Gasteiger partial charge in [0.05, 0.1) is 7.11 Å². The number of carbonyl (C=O) groups is 2. The minimum absolute atomic E-state index is 0.178. The van der Waals surface area contributed by atoms with Crippen LogP contribution in [-0.2, 0) is 27.4 Å². The highest BCUT2D eigenvalue weighted by Gasteiger charge is 2.07. The standard InChI is InChI=1S/C18H25N3O5/c1-20(24)14-16-7-5-15(6-8-16)13-19-11-3-4-12-21(25)17(22)9-10-18(23)26-2/h5-10,19,25H,1,3-4,11-14H2,2H3/b10-9+. The van der Waals surface area contributed by atoms with Gasteiger partial charge in [-0.25, -0.2) is 14.6 Å². The maximum absolute atomic E-state index is 11.5. The molecule has 0 bridgehead atoms. The summed E-state index contributed by atoms with van der Waals surface area (Å²) in [6.45, 7) is 5.14. The van der Waals surface area contributed by atoms with Crippen LogP contribution < -0.4 is 5.32 Å². The Labute approximate surface area is 152 Å². The molecule has 26 heavy (non-hydrogen) atoms. The molecule has 0 aromatic heterocycles. The lowest BCUT2D eigenvalue weighted by Gasteiger charge is -2.12. The maximum atomic E-state index is 11.5. The number of hydrogen-bond donors (Lipinski definition) is 2. The van der Waals surface area contributed by atoms with Crippen molar-refractivity contribution in [3.63, 3.8) is 0 Å². The zero-order valence-electron chi connectivity index (χ0n) is 14.9. The number of carbonyl (C=O) groups excluding carboxylic acids is 2. The molecule has 0 atom stereocenters. The number of nitrogens with one attached hydrogen (secondary N) is 1. The molecule has 2 N–H and O–H groups in total. The van der Waals surface area contributed by atoms with Gasteiger partial charge in [-0.2, -0.15) is 0 Å². The van der Waals surface area contributed by atoms with Crippen molar-refractivity contribution in [3.8, 4) is 0 Å². The molecule has 0 heterocycles. The highest BCUT2D eigenvalue weighted by Crippen LogP contribution is 2.05. The van der Waals surface area contributed by atoms with Crippen molar-refractivity contribution in [3.05, 3.63) is 52.8 Å². The maximum Gasteiger partial charge on any atom is 0.330 e. The highest BCUT2D eigenvalue weighted by molar-refractivity contribution is 5.93. The van der Waals surface area contributed by atoms with Gasteiger partial charge in [0.25, 0.3) is 5.91 Å². The Hall–Kier alpha value is -2.71. The van der Waals surface area contributed by atoms with E-state index in [1.165, 1.54) is 7.11 Å². The molecule has 0 aliphatic carbocycles. The van der Waals surface area contributed by atoms with Gasteiger partial charge < -0.3 is 15.3 Å². The molecule has 142 valence electrons. The zero-order valence-corrected chi connectivity index (χ0v) is 14.9. The first-order chi connectivity index (χ1) is 12.4. The predicted molar refractivity (Wildman–Crippen MR) is 96.5 cm³/mol. The normalized spacial score (nSPS) is 10.7. The average molecular weight is 363 g/mol. The lowest BCUT2D eigenvalue weighted by molar-refractivity contribution is -0.465. The fourth-order valence-corrected chi connectivity index (χ4v) is 2.11. The molecule has 1 aromatic rings.